The van der Waals surface area contributed by atoms with E-state index in [9.17, 15) is 9.59 Å². The van der Waals surface area contributed by atoms with Gasteiger partial charge in [0.25, 0.3) is 5.91 Å². The molecule has 0 bridgehead atoms. The predicted octanol–water partition coefficient (Wildman–Crippen LogP) is 1.60. The largest absolute Gasteiger partial charge is 0.295 e. The third-order valence-electron chi connectivity index (χ3n) is 3.17. The van der Waals surface area contributed by atoms with E-state index in [0.717, 1.165) is 11.4 Å². The molecule has 3 rings (SSSR count). The zero-order valence-corrected chi connectivity index (χ0v) is 12.8. The molecule has 1 aromatic carbocycles. The molecule has 0 aliphatic carbocycles. The van der Waals surface area contributed by atoms with Crippen LogP contribution in [0.1, 0.15) is 22.4 Å². The zero-order chi connectivity index (χ0) is 15.7. The molecular weight excluding hydrogens is 302 g/mol. The molecule has 0 saturated heterocycles. The van der Waals surface area contributed by atoms with E-state index >= 15 is 0 Å². The second kappa shape index (κ2) is 5.64. The fourth-order valence-electron chi connectivity index (χ4n) is 2.08. The van der Waals surface area contributed by atoms with Crippen LogP contribution in [-0.2, 0) is 13.5 Å². The van der Waals surface area contributed by atoms with Gasteiger partial charge in [-0.3, -0.25) is 19.6 Å². The van der Waals surface area contributed by atoms with Gasteiger partial charge < -0.3 is 0 Å². The van der Waals surface area contributed by atoms with Crippen LogP contribution in [0.3, 0.4) is 0 Å². The van der Waals surface area contributed by atoms with Gasteiger partial charge in [0.2, 0.25) is 10.6 Å². The molecule has 0 saturated carbocycles. The highest BCUT2D eigenvalue weighted by Crippen LogP contribution is 2.16. The molecule has 8 heteroatoms. The van der Waals surface area contributed by atoms with Crippen molar-refractivity contribution in [3.05, 3.63) is 45.2 Å². The Labute approximate surface area is 129 Å². The summed E-state index contributed by atoms with van der Waals surface area (Å²) < 4.78 is 1.52. The lowest BCUT2D eigenvalue weighted by atomic mass is 10.2. The van der Waals surface area contributed by atoms with Crippen molar-refractivity contribution in [2.75, 3.05) is 5.32 Å². The molecule has 0 radical (unpaired) electrons. The van der Waals surface area contributed by atoms with Gasteiger partial charge in [-0.15, -0.1) is 10.2 Å². The van der Waals surface area contributed by atoms with E-state index in [0.29, 0.717) is 16.0 Å². The molecule has 0 fully saturated rings. The van der Waals surface area contributed by atoms with Gasteiger partial charge in [-0.05, 0) is 18.6 Å². The highest BCUT2D eigenvalue weighted by Gasteiger charge is 2.17. The molecule has 112 valence electrons. The Morgan fingerprint density at radius 1 is 1.32 bits per heavy atom. The van der Waals surface area contributed by atoms with Crippen LogP contribution in [0.15, 0.2) is 29.1 Å². The molecule has 3 aromatic rings. The number of nitrogens with zero attached hydrogens (tertiary/aromatic N) is 4. The highest BCUT2D eigenvalue weighted by atomic mass is 32.1. The molecule has 22 heavy (non-hydrogen) atoms. The van der Waals surface area contributed by atoms with Gasteiger partial charge in [0.15, 0.2) is 5.69 Å². The molecule has 1 N–H and O–H groups in total. The Morgan fingerprint density at radius 3 is 2.82 bits per heavy atom. The van der Waals surface area contributed by atoms with Crippen molar-refractivity contribution in [3.63, 3.8) is 0 Å². The summed E-state index contributed by atoms with van der Waals surface area (Å²) in [5.74, 6) is -0.579. The Hall–Kier alpha value is -2.61. The number of benzene rings is 1. The number of carbonyl (C=O) groups is 1. The number of aromatic nitrogens is 4. The fourth-order valence-corrected chi connectivity index (χ4v) is 2.75. The number of hydrogen-bond donors (Lipinski definition) is 1. The average molecular weight is 315 g/mol. The maximum atomic E-state index is 12.4. The summed E-state index contributed by atoms with van der Waals surface area (Å²) >= 11 is 1.28. The molecule has 1 amide bonds. The van der Waals surface area contributed by atoms with E-state index in [2.05, 4.69) is 20.6 Å². The SMILES string of the molecule is CCc1nnc(NC(=O)c2nn(C)c3ccccc3c2=O)s1. The van der Waals surface area contributed by atoms with E-state index in [1.165, 1.54) is 16.0 Å². The number of para-hydroxylation sites is 1. The number of carbonyl (C=O) groups excluding carboxylic acids is 1. The summed E-state index contributed by atoms with van der Waals surface area (Å²) in [5, 5.41) is 16.1. The standard InChI is InChI=1S/C14H13N5O2S/c1-3-10-16-17-14(22-10)15-13(21)11-12(20)8-6-4-5-7-9(8)19(2)18-11/h4-7H,3H2,1-2H3,(H,15,17,21). The summed E-state index contributed by atoms with van der Waals surface area (Å²) in [6.45, 7) is 1.95. The molecule has 2 aromatic heterocycles. The minimum Gasteiger partial charge on any atom is -0.295 e. The second-order valence-corrected chi connectivity index (χ2v) is 5.69. The summed E-state index contributed by atoms with van der Waals surface area (Å²) in [5.41, 5.74) is 0.120. The average Bonchev–Trinajstić information content (AvgIpc) is 2.98. The van der Waals surface area contributed by atoms with Crippen LogP contribution in [0.25, 0.3) is 10.9 Å². The Balaban J connectivity index is 2.00. The summed E-state index contributed by atoms with van der Waals surface area (Å²) in [6, 6.07) is 7.03. The quantitative estimate of drug-likeness (QED) is 0.793. The van der Waals surface area contributed by atoms with Crippen LogP contribution in [0.4, 0.5) is 5.13 Å². The normalized spacial score (nSPS) is 10.8. The number of rotatable bonds is 3. The Kier molecular flexibility index (Phi) is 3.68. The van der Waals surface area contributed by atoms with Crippen molar-refractivity contribution in [1.82, 2.24) is 20.0 Å². The first-order valence-corrected chi connectivity index (χ1v) is 7.51. The summed E-state index contributed by atoms with van der Waals surface area (Å²) in [6.07, 6.45) is 0.740. The molecule has 7 nitrogen and oxygen atoms in total. The summed E-state index contributed by atoms with van der Waals surface area (Å²) in [7, 11) is 1.69. The maximum absolute atomic E-state index is 12.4. The van der Waals surface area contributed by atoms with Gasteiger partial charge in [0, 0.05) is 12.4 Å². The predicted molar refractivity (Wildman–Crippen MR) is 84.2 cm³/mol. The maximum Gasteiger partial charge on any atom is 0.282 e. The van der Waals surface area contributed by atoms with Crippen LogP contribution in [0, 0.1) is 0 Å². The van der Waals surface area contributed by atoms with Crippen molar-refractivity contribution in [2.24, 2.45) is 7.05 Å². The molecular formula is C14H13N5O2S. The Morgan fingerprint density at radius 2 is 2.09 bits per heavy atom. The second-order valence-electron chi connectivity index (χ2n) is 4.63. The summed E-state index contributed by atoms with van der Waals surface area (Å²) in [4.78, 5) is 24.7. The van der Waals surface area contributed by atoms with Gasteiger partial charge in [-0.2, -0.15) is 5.10 Å². The lowest BCUT2D eigenvalue weighted by Gasteiger charge is -2.06. The van der Waals surface area contributed by atoms with E-state index in [1.54, 1.807) is 25.2 Å². The number of aryl methyl sites for hydroxylation is 2. The zero-order valence-electron chi connectivity index (χ0n) is 12.0. The molecule has 0 spiro atoms. The lowest BCUT2D eigenvalue weighted by Crippen LogP contribution is -2.26. The van der Waals surface area contributed by atoms with Crippen molar-refractivity contribution in [1.29, 1.82) is 0 Å². The molecule has 0 aliphatic heterocycles. The van der Waals surface area contributed by atoms with Gasteiger partial charge in [-0.25, -0.2) is 0 Å². The highest BCUT2D eigenvalue weighted by molar-refractivity contribution is 7.15. The van der Waals surface area contributed by atoms with Gasteiger partial charge in [0.05, 0.1) is 5.52 Å². The molecule has 0 atom stereocenters. The lowest BCUT2D eigenvalue weighted by molar-refractivity contribution is 0.101. The van der Waals surface area contributed by atoms with Gasteiger partial charge in [0.1, 0.15) is 5.01 Å². The topological polar surface area (TPSA) is 89.8 Å². The van der Waals surface area contributed by atoms with Crippen molar-refractivity contribution in [2.45, 2.75) is 13.3 Å². The number of hydrogen-bond acceptors (Lipinski definition) is 6. The van der Waals surface area contributed by atoms with Crippen molar-refractivity contribution in [3.8, 4) is 0 Å². The first kappa shape index (κ1) is 14.3. The van der Waals surface area contributed by atoms with Crippen molar-refractivity contribution >= 4 is 33.3 Å². The first-order chi connectivity index (χ1) is 10.6. The third-order valence-corrected chi connectivity index (χ3v) is 4.15. The van der Waals surface area contributed by atoms with E-state index in [4.69, 9.17) is 0 Å². The Bertz CT molecular complexity index is 915. The molecule has 0 aliphatic rings. The fraction of sp³-hybridized carbons (Fsp3) is 0.214. The minimum atomic E-state index is -0.579. The molecule has 0 unspecified atom stereocenters. The number of fused-ring (bicyclic) bond motifs is 1. The molecule has 2 heterocycles. The van der Waals surface area contributed by atoms with E-state index in [-0.39, 0.29) is 5.69 Å². The van der Waals surface area contributed by atoms with E-state index in [1.807, 2.05) is 13.0 Å². The van der Waals surface area contributed by atoms with Crippen LogP contribution >= 0.6 is 11.3 Å². The number of nitrogens with one attached hydrogen (secondary N) is 1. The van der Waals surface area contributed by atoms with Crippen LogP contribution in [-0.4, -0.2) is 25.9 Å². The van der Waals surface area contributed by atoms with Crippen LogP contribution in [0.2, 0.25) is 0 Å². The van der Waals surface area contributed by atoms with Crippen molar-refractivity contribution < 1.29 is 4.79 Å². The van der Waals surface area contributed by atoms with Gasteiger partial charge >= 0.3 is 0 Å². The van der Waals surface area contributed by atoms with Crippen LogP contribution in [0.5, 0.6) is 0 Å². The first-order valence-electron chi connectivity index (χ1n) is 6.70. The van der Waals surface area contributed by atoms with E-state index < -0.39 is 11.3 Å². The van der Waals surface area contributed by atoms with Gasteiger partial charge in [-0.1, -0.05) is 30.4 Å². The third kappa shape index (κ3) is 2.48. The number of amides is 1. The monoisotopic (exact) mass is 315 g/mol. The smallest absolute Gasteiger partial charge is 0.282 e. The van der Waals surface area contributed by atoms with Crippen LogP contribution < -0.4 is 10.7 Å². The minimum absolute atomic E-state index is 0.158. The number of anilines is 1.